The van der Waals surface area contributed by atoms with Crippen molar-refractivity contribution < 1.29 is 0 Å². The second kappa shape index (κ2) is 4.90. The number of rotatable bonds is 2. The van der Waals surface area contributed by atoms with Crippen molar-refractivity contribution in [2.75, 3.05) is 0 Å². The smallest absolute Gasteiger partial charge is 0.0645 e. The van der Waals surface area contributed by atoms with Crippen molar-refractivity contribution in [1.82, 2.24) is 4.98 Å². The summed E-state index contributed by atoms with van der Waals surface area (Å²) in [5.74, 6) is 0. The van der Waals surface area contributed by atoms with E-state index in [0.717, 1.165) is 0 Å². The topological polar surface area (TPSA) is 15.8 Å². The zero-order valence-corrected chi connectivity index (χ0v) is 12.6. The molecule has 0 spiro atoms. The Morgan fingerprint density at radius 3 is 2.52 bits per heavy atom. The summed E-state index contributed by atoms with van der Waals surface area (Å²) in [6.45, 7) is 2.14. The molecule has 0 fully saturated rings. The Hall–Kier alpha value is -2.32. The van der Waals surface area contributed by atoms with Crippen molar-refractivity contribution in [3.8, 4) is 21.7 Å². The third-order valence-corrected chi connectivity index (χ3v) is 4.67. The normalized spacial score (nSPS) is 11.1. The van der Waals surface area contributed by atoms with Crippen LogP contribution in [0, 0.1) is 6.92 Å². The van der Waals surface area contributed by atoms with Gasteiger partial charge >= 0.3 is 0 Å². The number of aryl methyl sites for hydroxylation is 1. The standard InChI is InChI=1S/C19H15NS/c1-13-9-10-16-15(12-13)18(14-6-3-2-4-7-14)19(20-16)17-8-5-11-21-17/h2-12,20H,1H3. The second-order valence-electron chi connectivity index (χ2n) is 5.27. The highest BCUT2D eigenvalue weighted by molar-refractivity contribution is 7.13. The number of aromatic amines is 1. The summed E-state index contributed by atoms with van der Waals surface area (Å²) in [6.07, 6.45) is 0. The number of benzene rings is 2. The highest BCUT2D eigenvalue weighted by Gasteiger charge is 2.15. The van der Waals surface area contributed by atoms with Crippen LogP contribution in [0.4, 0.5) is 0 Å². The van der Waals surface area contributed by atoms with E-state index in [1.807, 2.05) is 0 Å². The predicted molar refractivity (Wildman–Crippen MR) is 91.8 cm³/mol. The van der Waals surface area contributed by atoms with E-state index in [1.54, 1.807) is 11.3 Å². The molecule has 0 amide bonds. The molecule has 102 valence electrons. The van der Waals surface area contributed by atoms with Gasteiger partial charge in [-0.2, -0.15) is 0 Å². The first-order valence-electron chi connectivity index (χ1n) is 7.04. The Kier molecular flexibility index (Phi) is 2.90. The number of hydrogen-bond donors (Lipinski definition) is 1. The molecule has 2 heteroatoms. The molecule has 2 aromatic heterocycles. The fourth-order valence-corrected chi connectivity index (χ4v) is 3.55. The lowest BCUT2D eigenvalue weighted by Crippen LogP contribution is -1.79. The number of H-pyrrole nitrogens is 1. The van der Waals surface area contributed by atoms with Gasteiger partial charge in [-0.3, -0.25) is 0 Å². The van der Waals surface area contributed by atoms with Crippen molar-refractivity contribution in [2.45, 2.75) is 6.92 Å². The molecule has 21 heavy (non-hydrogen) atoms. The predicted octanol–water partition coefficient (Wildman–Crippen LogP) is 5.87. The molecule has 4 rings (SSSR count). The summed E-state index contributed by atoms with van der Waals surface area (Å²) < 4.78 is 0. The quantitative estimate of drug-likeness (QED) is 0.475. The number of fused-ring (bicyclic) bond motifs is 1. The van der Waals surface area contributed by atoms with Gasteiger partial charge in [0.25, 0.3) is 0 Å². The SMILES string of the molecule is Cc1ccc2[nH]c(-c3cccs3)c(-c3ccccc3)c2c1. The van der Waals surface area contributed by atoms with Crippen LogP contribution in [0.1, 0.15) is 5.56 Å². The molecule has 0 saturated carbocycles. The van der Waals surface area contributed by atoms with Crippen LogP contribution < -0.4 is 0 Å². The lowest BCUT2D eigenvalue weighted by molar-refractivity contribution is 1.46. The zero-order chi connectivity index (χ0) is 14.2. The minimum atomic E-state index is 1.20. The van der Waals surface area contributed by atoms with Gasteiger partial charge in [0, 0.05) is 16.5 Å². The summed E-state index contributed by atoms with van der Waals surface area (Å²) in [4.78, 5) is 4.88. The first kappa shape index (κ1) is 12.4. The molecule has 0 aliphatic heterocycles. The van der Waals surface area contributed by atoms with Crippen LogP contribution in [0.2, 0.25) is 0 Å². The average molecular weight is 289 g/mol. The third kappa shape index (κ3) is 2.08. The van der Waals surface area contributed by atoms with E-state index in [2.05, 4.69) is 78.0 Å². The molecule has 2 heterocycles. The molecule has 2 aromatic carbocycles. The maximum atomic E-state index is 3.60. The minimum absolute atomic E-state index is 1.20. The molecule has 0 bridgehead atoms. The van der Waals surface area contributed by atoms with Gasteiger partial charge in [0.1, 0.15) is 0 Å². The Balaban J connectivity index is 2.09. The summed E-state index contributed by atoms with van der Waals surface area (Å²) in [5, 5.41) is 3.42. The van der Waals surface area contributed by atoms with E-state index in [4.69, 9.17) is 0 Å². The molecular formula is C19H15NS. The van der Waals surface area contributed by atoms with E-state index in [-0.39, 0.29) is 0 Å². The molecule has 0 aliphatic rings. The van der Waals surface area contributed by atoms with Crippen molar-refractivity contribution in [3.05, 3.63) is 71.6 Å². The van der Waals surface area contributed by atoms with Gasteiger partial charge in [0.2, 0.25) is 0 Å². The Morgan fingerprint density at radius 2 is 1.76 bits per heavy atom. The lowest BCUT2D eigenvalue weighted by Gasteiger charge is -2.04. The Labute approximate surface area is 127 Å². The number of hydrogen-bond acceptors (Lipinski definition) is 1. The maximum absolute atomic E-state index is 3.60. The van der Waals surface area contributed by atoms with Crippen molar-refractivity contribution in [3.63, 3.8) is 0 Å². The largest absolute Gasteiger partial charge is 0.353 e. The van der Waals surface area contributed by atoms with Gasteiger partial charge in [-0.15, -0.1) is 11.3 Å². The van der Waals surface area contributed by atoms with Crippen LogP contribution >= 0.6 is 11.3 Å². The maximum Gasteiger partial charge on any atom is 0.0645 e. The van der Waals surface area contributed by atoms with Crippen molar-refractivity contribution >= 4 is 22.2 Å². The summed E-state index contributed by atoms with van der Waals surface area (Å²) >= 11 is 1.77. The zero-order valence-electron chi connectivity index (χ0n) is 11.8. The van der Waals surface area contributed by atoms with E-state index >= 15 is 0 Å². The molecule has 0 radical (unpaired) electrons. The van der Waals surface area contributed by atoms with Gasteiger partial charge in [-0.05, 0) is 36.1 Å². The number of aromatic nitrogens is 1. The minimum Gasteiger partial charge on any atom is -0.353 e. The molecule has 0 saturated heterocycles. The number of thiophene rings is 1. The Bertz CT molecular complexity index is 886. The second-order valence-corrected chi connectivity index (χ2v) is 6.22. The summed E-state index contributed by atoms with van der Waals surface area (Å²) in [7, 11) is 0. The van der Waals surface area contributed by atoms with Gasteiger partial charge < -0.3 is 4.98 Å². The van der Waals surface area contributed by atoms with Crippen LogP contribution in [0.25, 0.3) is 32.6 Å². The van der Waals surface area contributed by atoms with E-state index < -0.39 is 0 Å². The van der Waals surface area contributed by atoms with Gasteiger partial charge in [-0.1, -0.05) is 48.0 Å². The lowest BCUT2D eigenvalue weighted by atomic mass is 10.0. The highest BCUT2D eigenvalue weighted by Crippen LogP contribution is 2.39. The van der Waals surface area contributed by atoms with Gasteiger partial charge in [0.15, 0.2) is 0 Å². The fourth-order valence-electron chi connectivity index (χ4n) is 2.82. The molecule has 0 atom stereocenters. The summed E-state index contributed by atoms with van der Waals surface area (Å²) in [5.41, 5.74) is 6.27. The first-order chi connectivity index (χ1) is 10.3. The van der Waals surface area contributed by atoms with Crippen LogP contribution in [0.3, 0.4) is 0 Å². The summed E-state index contributed by atoms with van der Waals surface area (Å²) in [6, 6.07) is 21.5. The average Bonchev–Trinajstić information content (AvgIpc) is 3.14. The van der Waals surface area contributed by atoms with Crippen LogP contribution in [0.15, 0.2) is 66.0 Å². The number of nitrogens with one attached hydrogen (secondary N) is 1. The van der Waals surface area contributed by atoms with Crippen molar-refractivity contribution in [1.29, 1.82) is 0 Å². The van der Waals surface area contributed by atoms with Gasteiger partial charge in [-0.25, -0.2) is 0 Å². The Morgan fingerprint density at radius 1 is 0.905 bits per heavy atom. The van der Waals surface area contributed by atoms with E-state index in [1.165, 1.54) is 38.2 Å². The van der Waals surface area contributed by atoms with Crippen LogP contribution in [-0.2, 0) is 0 Å². The molecule has 1 nitrogen and oxygen atoms in total. The molecule has 0 aliphatic carbocycles. The van der Waals surface area contributed by atoms with Crippen molar-refractivity contribution in [2.24, 2.45) is 0 Å². The molecule has 0 unspecified atom stereocenters. The molecular weight excluding hydrogens is 274 g/mol. The first-order valence-corrected chi connectivity index (χ1v) is 7.92. The third-order valence-electron chi connectivity index (χ3n) is 3.78. The van der Waals surface area contributed by atoms with E-state index in [9.17, 15) is 0 Å². The fraction of sp³-hybridized carbons (Fsp3) is 0.0526. The van der Waals surface area contributed by atoms with Crippen LogP contribution in [0.5, 0.6) is 0 Å². The van der Waals surface area contributed by atoms with Gasteiger partial charge in [0.05, 0.1) is 10.6 Å². The molecule has 1 N–H and O–H groups in total. The van der Waals surface area contributed by atoms with Crippen LogP contribution in [-0.4, -0.2) is 4.98 Å². The molecule has 4 aromatic rings. The highest BCUT2D eigenvalue weighted by atomic mass is 32.1. The van der Waals surface area contributed by atoms with E-state index in [0.29, 0.717) is 0 Å². The monoisotopic (exact) mass is 289 g/mol.